The number of rotatable bonds is 5. The van der Waals surface area contributed by atoms with Crippen LogP contribution in [0.4, 0.5) is 0 Å². The average Bonchev–Trinajstić information content (AvgIpc) is 2.13. The summed E-state index contributed by atoms with van der Waals surface area (Å²) in [5, 5.41) is 0. The van der Waals surface area contributed by atoms with Crippen molar-refractivity contribution in [2.75, 3.05) is 27.4 Å². The maximum absolute atomic E-state index is 11.4. The highest BCUT2D eigenvalue weighted by Crippen LogP contribution is 1.99. The predicted octanol–water partition coefficient (Wildman–Crippen LogP) is 0.0428. The molecule has 0 aliphatic carbocycles. The van der Waals surface area contributed by atoms with Crippen molar-refractivity contribution < 1.29 is 19.1 Å². The van der Waals surface area contributed by atoms with Crippen molar-refractivity contribution in [1.29, 1.82) is 0 Å². The molecule has 0 unspecified atom stereocenters. The highest BCUT2D eigenvalue weighted by atomic mass is 16.5. The van der Waals surface area contributed by atoms with E-state index in [1.807, 2.05) is 13.8 Å². The smallest absolute Gasteiger partial charge is 0.325 e. The summed E-state index contributed by atoms with van der Waals surface area (Å²) in [5.74, 6) is -0.643. The van der Waals surface area contributed by atoms with E-state index in [-0.39, 0.29) is 25.1 Å². The molecule has 5 nitrogen and oxygen atoms in total. The minimum absolute atomic E-state index is 0.0187. The van der Waals surface area contributed by atoms with Gasteiger partial charge in [0.1, 0.15) is 13.2 Å². The number of nitrogens with zero attached hydrogens (tertiary/aromatic N) is 1. The van der Waals surface area contributed by atoms with Crippen molar-refractivity contribution in [3.8, 4) is 0 Å². The molecule has 0 aliphatic rings. The molecule has 14 heavy (non-hydrogen) atoms. The molecule has 0 heterocycles. The third-order valence-electron chi connectivity index (χ3n) is 1.74. The summed E-state index contributed by atoms with van der Waals surface area (Å²) in [6, 6.07) is -0.0447. The fourth-order valence-corrected chi connectivity index (χ4v) is 0.969. The topological polar surface area (TPSA) is 55.8 Å². The van der Waals surface area contributed by atoms with Crippen LogP contribution in [0.2, 0.25) is 0 Å². The zero-order valence-electron chi connectivity index (χ0n) is 9.07. The number of esters is 1. The minimum atomic E-state index is -0.428. The first-order chi connectivity index (χ1) is 6.52. The molecule has 0 spiro atoms. The van der Waals surface area contributed by atoms with Gasteiger partial charge in [0, 0.05) is 13.2 Å². The maximum Gasteiger partial charge on any atom is 0.325 e. The number of methoxy groups -OCH3 is 2. The van der Waals surface area contributed by atoms with Gasteiger partial charge >= 0.3 is 5.97 Å². The number of carbonyl (C=O) groups is 2. The Kier molecular flexibility index (Phi) is 5.87. The van der Waals surface area contributed by atoms with Crippen LogP contribution in [0.3, 0.4) is 0 Å². The van der Waals surface area contributed by atoms with Crippen molar-refractivity contribution in [1.82, 2.24) is 4.90 Å². The molecule has 0 saturated carbocycles. The summed E-state index contributed by atoms with van der Waals surface area (Å²) >= 11 is 0. The lowest BCUT2D eigenvalue weighted by Crippen LogP contribution is -2.42. The molecular formula is C9H17NO4. The Hall–Kier alpha value is -1.10. The van der Waals surface area contributed by atoms with E-state index in [0.717, 1.165) is 0 Å². The van der Waals surface area contributed by atoms with Crippen LogP contribution in [0.25, 0.3) is 0 Å². The van der Waals surface area contributed by atoms with Crippen LogP contribution in [-0.2, 0) is 19.1 Å². The number of ether oxygens (including phenoxy) is 2. The molecule has 1 amide bonds. The largest absolute Gasteiger partial charge is 0.468 e. The Labute approximate surface area is 84.0 Å². The monoisotopic (exact) mass is 203 g/mol. The molecule has 0 fully saturated rings. The van der Waals surface area contributed by atoms with Crippen molar-refractivity contribution in [2.45, 2.75) is 19.9 Å². The van der Waals surface area contributed by atoms with Crippen molar-refractivity contribution in [3.63, 3.8) is 0 Å². The van der Waals surface area contributed by atoms with E-state index < -0.39 is 5.97 Å². The van der Waals surface area contributed by atoms with Gasteiger partial charge in [0.25, 0.3) is 0 Å². The first-order valence-electron chi connectivity index (χ1n) is 4.38. The number of carbonyl (C=O) groups excluding carboxylic acids is 2. The second kappa shape index (κ2) is 6.37. The molecule has 0 radical (unpaired) electrons. The van der Waals surface area contributed by atoms with E-state index >= 15 is 0 Å². The van der Waals surface area contributed by atoms with Crippen LogP contribution < -0.4 is 0 Å². The van der Waals surface area contributed by atoms with E-state index in [9.17, 15) is 9.59 Å². The molecule has 0 aromatic heterocycles. The standard InChI is InChI=1S/C9H17NO4/c1-7(2)10(5-9(12)14-4)8(11)6-13-3/h7H,5-6H2,1-4H3. The molecular weight excluding hydrogens is 186 g/mol. The third-order valence-corrected chi connectivity index (χ3v) is 1.74. The molecule has 82 valence electrons. The molecule has 0 aromatic carbocycles. The molecule has 0 N–H and O–H groups in total. The Morgan fingerprint density at radius 1 is 1.29 bits per heavy atom. The lowest BCUT2D eigenvalue weighted by Gasteiger charge is -2.24. The summed E-state index contributed by atoms with van der Waals surface area (Å²) in [6.07, 6.45) is 0. The Bertz CT molecular complexity index is 203. The summed E-state index contributed by atoms with van der Waals surface area (Å²) < 4.78 is 9.19. The van der Waals surface area contributed by atoms with Gasteiger partial charge in [-0.05, 0) is 13.8 Å². The van der Waals surface area contributed by atoms with E-state index in [1.165, 1.54) is 19.1 Å². The van der Waals surface area contributed by atoms with Crippen LogP contribution in [0, 0.1) is 0 Å². The van der Waals surface area contributed by atoms with Crippen molar-refractivity contribution in [2.24, 2.45) is 0 Å². The molecule has 5 heteroatoms. The van der Waals surface area contributed by atoms with Crippen LogP contribution in [0.1, 0.15) is 13.8 Å². The van der Waals surface area contributed by atoms with Gasteiger partial charge in [-0.3, -0.25) is 9.59 Å². The molecule has 0 saturated heterocycles. The zero-order chi connectivity index (χ0) is 11.1. The first kappa shape index (κ1) is 12.9. The van der Waals surface area contributed by atoms with E-state index in [1.54, 1.807) is 0 Å². The molecule has 0 bridgehead atoms. The predicted molar refractivity (Wildman–Crippen MR) is 50.7 cm³/mol. The molecule has 0 rings (SSSR count). The summed E-state index contributed by atoms with van der Waals surface area (Å²) in [6.45, 7) is 3.61. The number of hydrogen-bond acceptors (Lipinski definition) is 4. The molecule has 0 atom stereocenters. The van der Waals surface area contributed by atoms with Crippen molar-refractivity contribution >= 4 is 11.9 Å². The van der Waals surface area contributed by atoms with Gasteiger partial charge in [0.15, 0.2) is 0 Å². The number of amides is 1. The lowest BCUT2D eigenvalue weighted by molar-refractivity contribution is -0.149. The van der Waals surface area contributed by atoms with Gasteiger partial charge in [0.2, 0.25) is 5.91 Å². The fourth-order valence-electron chi connectivity index (χ4n) is 0.969. The summed E-state index contributed by atoms with van der Waals surface area (Å²) in [7, 11) is 2.73. The normalized spacial score (nSPS) is 10.1. The van der Waals surface area contributed by atoms with E-state index in [0.29, 0.717) is 0 Å². The second-order valence-electron chi connectivity index (χ2n) is 3.12. The summed E-state index contributed by atoms with van der Waals surface area (Å²) in [5.41, 5.74) is 0. The second-order valence-corrected chi connectivity index (χ2v) is 3.12. The average molecular weight is 203 g/mol. The Morgan fingerprint density at radius 2 is 1.86 bits per heavy atom. The maximum atomic E-state index is 11.4. The van der Waals surface area contributed by atoms with Gasteiger partial charge in [-0.25, -0.2) is 0 Å². The quantitative estimate of drug-likeness (QED) is 0.592. The van der Waals surface area contributed by atoms with Crippen LogP contribution in [0.15, 0.2) is 0 Å². The lowest BCUT2D eigenvalue weighted by atomic mass is 10.3. The fraction of sp³-hybridized carbons (Fsp3) is 0.778. The van der Waals surface area contributed by atoms with Crippen molar-refractivity contribution in [3.05, 3.63) is 0 Å². The zero-order valence-corrected chi connectivity index (χ0v) is 9.07. The minimum Gasteiger partial charge on any atom is -0.468 e. The Morgan fingerprint density at radius 3 is 2.21 bits per heavy atom. The SMILES string of the molecule is COCC(=O)N(CC(=O)OC)C(C)C. The summed E-state index contributed by atoms with van der Waals surface area (Å²) in [4.78, 5) is 23.8. The van der Waals surface area contributed by atoms with Crippen LogP contribution >= 0.6 is 0 Å². The van der Waals surface area contributed by atoms with Gasteiger partial charge < -0.3 is 14.4 Å². The third kappa shape index (κ3) is 4.23. The highest BCUT2D eigenvalue weighted by molar-refractivity contribution is 5.83. The van der Waals surface area contributed by atoms with E-state index in [4.69, 9.17) is 4.74 Å². The van der Waals surface area contributed by atoms with Gasteiger partial charge in [-0.2, -0.15) is 0 Å². The van der Waals surface area contributed by atoms with Gasteiger partial charge in [-0.1, -0.05) is 0 Å². The first-order valence-corrected chi connectivity index (χ1v) is 4.38. The van der Waals surface area contributed by atoms with E-state index in [2.05, 4.69) is 4.74 Å². The van der Waals surface area contributed by atoms with Gasteiger partial charge in [-0.15, -0.1) is 0 Å². The number of hydrogen-bond donors (Lipinski definition) is 0. The highest BCUT2D eigenvalue weighted by Gasteiger charge is 2.19. The Balaban J connectivity index is 4.29. The molecule has 0 aliphatic heterocycles. The van der Waals surface area contributed by atoms with Gasteiger partial charge in [0.05, 0.1) is 7.11 Å². The molecule has 0 aromatic rings. The van der Waals surface area contributed by atoms with Crippen LogP contribution in [0.5, 0.6) is 0 Å². The van der Waals surface area contributed by atoms with Crippen LogP contribution in [-0.4, -0.2) is 50.2 Å².